The number of halogens is 3. The van der Waals surface area contributed by atoms with Crippen LogP contribution in [0.25, 0.3) is 0 Å². The van der Waals surface area contributed by atoms with Crippen LogP contribution in [0.4, 0.5) is 13.2 Å². The maximum Gasteiger partial charge on any atom is 0.416 e. The van der Waals surface area contributed by atoms with Gasteiger partial charge in [-0.2, -0.15) is 13.2 Å². The third-order valence-corrected chi connectivity index (χ3v) is 1.98. The van der Waals surface area contributed by atoms with Crippen molar-refractivity contribution >= 4 is 5.97 Å². The molecule has 0 aliphatic heterocycles. The van der Waals surface area contributed by atoms with Gasteiger partial charge in [0.25, 0.3) is 0 Å². The fraction of sp³-hybridized carbons (Fsp3) is 0.300. The molecule has 16 heavy (non-hydrogen) atoms. The van der Waals surface area contributed by atoms with Crippen LogP contribution in [0, 0.1) is 0 Å². The number of methoxy groups -OCH3 is 1. The number of ether oxygens (including phenoxy) is 1. The van der Waals surface area contributed by atoms with E-state index in [1.165, 1.54) is 0 Å². The van der Waals surface area contributed by atoms with Crippen LogP contribution in [-0.4, -0.2) is 18.2 Å². The van der Waals surface area contributed by atoms with E-state index in [1.54, 1.807) is 0 Å². The van der Waals surface area contributed by atoms with Crippen molar-refractivity contribution in [1.29, 1.82) is 0 Å². The van der Waals surface area contributed by atoms with Gasteiger partial charge in [-0.3, -0.25) is 4.79 Å². The lowest BCUT2D eigenvalue weighted by Gasteiger charge is -2.09. The number of aromatic hydroxyl groups is 1. The number of hydrogen-bond donors (Lipinski definition) is 1. The van der Waals surface area contributed by atoms with Crippen LogP contribution in [0.15, 0.2) is 18.2 Å². The van der Waals surface area contributed by atoms with E-state index in [9.17, 15) is 23.1 Å². The number of alkyl halides is 3. The van der Waals surface area contributed by atoms with Gasteiger partial charge in [0.2, 0.25) is 0 Å². The van der Waals surface area contributed by atoms with Crippen molar-refractivity contribution in [3.8, 4) is 5.75 Å². The Morgan fingerprint density at radius 2 is 2.06 bits per heavy atom. The summed E-state index contributed by atoms with van der Waals surface area (Å²) in [5, 5.41) is 9.29. The average Bonchev–Trinajstić information content (AvgIpc) is 2.19. The van der Waals surface area contributed by atoms with Gasteiger partial charge in [-0.05, 0) is 12.1 Å². The molecule has 0 fully saturated rings. The Hall–Kier alpha value is -1.72. The van der Waals surface area contributed by atoms with E-state index in [2.05, 4.69) is 4.74 Å². The summed E-state index contributed by atoms with van der Waals surface area (Å²) in [4.78, 5) is 10.9. The molecule has 0 atom stereocenters. The number of carbonyl (C=O) groups is 1. The van der Waals surface area contributed by atoms with Gasteiger partial charge in [0.05, 0.1) is 19.1 Å². The van der Waals surface area contributed by atoms with Gasteiger partial charge in [-0.25, -0.2) is 0 Å². The molecule has 0 aliphatic carbocycles. The fourth-order valence-electron chi connectivity index (χ4n) is 1.12. The minimum Gasteiger partial charge on any atom is -0.508 e. The summed E-state index contributed by atoms with van der Waals surface area (Å²) in [6.45, 7) is 0. The third kappa shape index (κ3) is 2.88. The molecule has 1 N–H and O–H groups in total. The second-order valence-corrected chi connectivity index (χ2v) is 3.09. The van der Waals surface area contributed by atoms with Gasteiger partial charge in [0.15, 0.2) is 0 Å². The first-order valence-corrected chi connectivity index (χ1v) is 4.30. The highest BCUT2D eigenvalue weighted by molar-refractivity contribution is 5.73. The molecule has 0 saturated carbocycles. The number of carbonyl (C=O) groups excluding carboxylic acids is 1. The molecule has 0 spiro atoms. The van der Waals surface area contributed by atoms with Crippen LogP contribution >= 0.6 is 0 Å². The lowest BCUT2D eigenvalue weighted by molar-refractivity contribution is -0.139. The monoisotopic (exact) mass is 234 g/mol. The maximum atomic E-state index is 12.2. The highest BCUT2D eigenvalue weighted by Gasteiger charge is 2.31. The van der Waals surface area contributed by atoms with Crippen molar-refractivity contribution in [2.24, 2.45) is 0 Å². The Morgan fingerprint density at radius 3 is 2.50 bits per heavy atom. The van der Waals surface area contributed by atoms with Crippen LogP contribution in [-0.2, 0) is 22.1 Å². The van der Waals surface area contributed by atoms with E-state index < -0.39 is 23.5 Å². The largest absolute Gasteiger partial charge is 0.508 e. The number of phenols is 1. The first-order valence-electron chi connectivity index (χ1n) is 4.30. The number of hydrogen-bond acceptors (Lipinski definition) is 3. The van der Waals surface area contributed by atoms with Gasteiger partial charge in [-0.15, -0.1) is 0 Å². The zero-order chi connectivity index (χ0) is 12.3. The molecule has 0 radical (unpaired) electrons. The molecule has 0 unspecified atom stereocenters. The smallest absolute Gasteiger partial charge is 0.416 e. The highest BCUT2D eigenvalue weighted by Crippen LogP contribution is 2.32. The van der Waals surface area contributed by atoms with Gasteiger partial charge in [0.1, 0.15) is 5.75 Å². The molecule has 3 nitrogen and oxygen atoms in total. The quantitative estimate of drug-likeness (QED) is 0.797. The number of phenolic OH excluding ortho intramolecular Hbond substituents is 1. The normalized spacial score (nSPS) is 11.2. The van der Waals surface area contributed by atoms with Crippen molar-refractivity contribution in [3.63, 3.8) is 0 Å². The predicted molar refractivity (Wildman–Crippen MR) is 48.8 cm³/mol. The zero-order valence-electron chi connectivity index (χ0n) is 8.34. The Labute approximate surface area is 89.5 Å². The standard InChI is InChI=1S/C10H9F3O3/c1-16-9(15)4-6-2-3-7(5-8(6)14)10(11,12)13/h2-3,5,14H,4H2,1H3. The fourth-order valence-corrected chi connectivity index (χ4v) is 1.12. The van der Waals surface area contributed by atoms with E-state index in [0.717, 1.165) is 19.2 Å². The molecule has 0 saturated heterocycles. The summed E-state index contributed by atoms with van der Waals surface area (Å²) in [5.74, 6) is -1.20. The SMILES string of the molecule is COC(=O)Cc1ccc(C(F)(F)F)cc1O. The zero-order valence-corrected chi connectivity index (χ0v) is 8.34. The minimum absolute atomic E-state index is 0.0971. The first-order chi connectivity index (χ1) is 7.34. The van der Waals surface area contributed by atoms with Crippen LogP contribution in [0.1, 0.15) is 11.1 Å². The van der Waals surface area contributed by atoms with E-state index in [0.29, 0.717) is 6.07 Å². The van der Waals surface area contributed by atoms with E-state index in [1.807, 2.05) is 0 Å². The second-order valence-electron chi connectivity index (χ2n) is 3.09. The Kier molecular flexibility index (Phi) is 3.41. The molecule has 0 bridgehead atoms. The first kappa shape index (κ1) is 12.4. The van der Waals surface area contributed by atoms with E-state index in [-0.39, 0.29) is 12.0 Å². The van der Waals surface area contributed by atoms with Crippen molar-refractivity contribution < 1.29 is 27.8 Å². The van der Waals surface area contributed by atoms with E-state index in [4.69, 9.17) is 0 Å². The molecule has 88 valence electrons. The maximum absolute atomic E-state index is 12.2. The van der Waals surface area contributed by atoms with Crippen LogP contribution < -0.4 is 0 Å². The molecule has 6 heteroatoms. The number of rotatable bonds is 2. The molecular weight excluding hydrogens is 225 g/mol. The Balaban J connectivity index is 2.96. The van der Waals surface area contributed by atoms with Gasteiger partial charge in [-0.1, -0.05) is 6.07 Å². The summed E-state index contributed by atoms with van der Waals surface area (Å²) in [6.07, 6.45) is -4.78. The summed E-state index contributed by atoms with van der Waals surface area (Å²) < 4.78 is 41.0. The molecule has 1 aromatic rings. The topological polar surface area (TPSA) is 46.5 Å². The summed E-state index contributed by atoms with van der Waals surface area (Å²) in [7, 11) is 1.16. The predicted octanol–water partition coefficient (Wildman–Crippen LogP) is 2.13. The van der Waals surface area contributed by atoms with Crippen LogP contribution in [0.3, 0.4) is 0 Å². The van der Waals surface area contributed by atoms with Gasteiger partial charge < -0.3 is 9.84 Å². The molecule has 1 aromatic carbocycles. The lowest BCUT2D eigenvalue weighted by Crippen LogP contribution is -2.07. The minimum atomic E-state index is -4.51. The molecule has 1 rings (SSSR count). The van der Waals surface area contributed by atoms with Crippen molar-refractivity contribution in [3.05, 3.63) is 29.3 Å². The van der Waals surface area contributed by atoms with Crippen molar-refractivity contribution in [2.45, 2.75) is 12.6 Å². The highest BCUT2D eigenvalue weighted by atomic mass is 19.4. The number of benzene rings is 1. The van der Waals surface area contributed by atoms with Crippen LogP contribution in [0.2, 0.25) is 0 Å². The molecule has 0 aromatic heterocycles. The summed E-state index contributed by atoms with van der Waals surface area (Å²) in [6, 6.07) is 2.44. The Bertz CT molecular complexity index is 399. The van der Waals surface area contributed by atoms with E-state index >= 15 is 0 Å². The molecular formula is C10H9F3O3. The van der Waals surface area contributed by atoms with Crippen molar-refractivity contribution in [1.82, 2.24) is 0 Å². The second kappa shape index (κ2) is 4.42. The average molecular weight is 234 g/mol. The summed E-state index contributed by atoms with van der Waals surface area (Å²) >= 11 is 0. The molecule has 0 amide bonds. The van der Waals surface area contributed by atoms with Crippen molar-refractivity contribution in [2.75, 3.05) is 7.11 Å². The molecule has 0 aliphatic rings. The third-order valence-electron chi connectivity index (χ3n) is 1.98. The Morgan fingerprint density at radius 1 is 1.44 bits per heavy atom. The summed E-state index contributed by atoms with van der Waals surface area (Å²) in [5.41, 5.74) is -0.863. The number of esters is 1. The van der Waals surface area contributed by atoms with Gasteiger partial charge in [0, 0.05) is 5.56 Å². The van der Waals surface area contributed by atoms with Gasteiger partial charge >= 0.3 is 12.1 Å². The lowest BCUT2D eigenvalue weighted by atomic mass is 10.1. The van der Waals surface area contributed by atoms with Crippen LogP contribution in [0.5, 0.6) is 5.75 Å². The molecule has 0 heterocycles.